The fourth-order valence-electron chi connectivity index (χ4n) is 1.80. The molecule has 0 aliphatic carbocycles. The smallest absolute Gasteiger partial charge is 0.335 e. The fraction of sp³-hybridized carbons (Fsp3) is 0. The summed E-state index contributed by atoms with van der Waals surface area (Å²) in [5.41, 5.74) is 2.30. The van der Waals surface area contributed by atoms with E-state index in [1.807, 2.05) is 0 Å². The first-order chi connectivity index (χ1) is 9.15. The van der Waals surface area contributed by atoms with Gasteiger partial charge in [0.25, 0.3) is 0 Å². The van der Waals surface area contributed by atoms with Gasteiger partial charge in [0.2, 0.25) is 0 Å². The minimum Gasteiger partial charge on any atom is -0.478 e. The maximum absolute atomic E-state index is 11.0. The van der Waals surface area contributed by atoms with Crippen molar-refractivity contribution < 1.29 is 19.5 Å². The van der Waals surface area contributed by atoms with Crippen molar-refractivity contribution in [3.8, 4) is 11.1 Å². The van der Waals surface area contributed by atoms with Crippen LogP contribution in [0.3, 0.4) is 0 Å². The lowest BCUT2D eigenvalue weighted by atomic mass is 9.97. The maximum Gasteiger partial charge on any atom is 0.335 e. The molecule has 0 bridgehead atoms. The second-order valence-electron chi connectivity index (χ2n) is 3.96. The van der Waals surface area contributed by atoms with Gasteiger partial charge in [-0.3, -0.25) is 9.59 Å². The van der Waals surface area contributed by atoms with Crippen LogP contribution in [0.25, 0.3) is 11.1 Å². The first kappa shape index (κ1) is 12.7. The van der Waals surface area contributed by atoms with Crippen molar-refractivity contribution in [1.82, 2.24) is 0 Å². The number of carboxylic acid groups (broad SMARTS) is 1. The van der Waals surface area contributed by atoms with Crippen LogP contribution in [0.2, 0.25) is 0 Å². The monoisotopic (exact) mass is 254 g/mol. The molecular weight excluding hydrogens is 244 g/mol. The van der Waals surface area contributed by atoms with E-state index in [1.165, 1.54) is 12.1 Å². The number of hydrogen-bond acceptors (Lipinski definition) is 3. The van der Waals surface area contributed by atoms with Crippen LogP contribution in [-0.2, 0) is 0 Å². The standard InChI is InChI=1S/C15H10O4/c16-8-10-1-3-11(4-2-10)14-6-5-12(15(18)19)7-13(14)9-17/h1-9H,(H,18,19). The number of carboxylic acids is 1. The van der Waals surface area contributed by atoms with Gasteiger partial charge >= 0.3 is 5.97 Å². The van der Waals surface area contributed by atoms with Gasteiger partial charge in [0.05, 0.1) is 5.56 Å². The summed E-state index contributed by atoms with van der Waals surface area (Å²) in [5, 5.41) is 8.88. The summed E-state index contributed by atoms with van der Waals surface area (Å²) >= 11 is 0. The molecule has 0 fully saturated rings. The maximum atomic E-state index is 11.0. The van der Waals surface area contributed by atoms with Crippen molar-refractivity contribution in [3.63, 3.8) is 0 Å². The molecule has 0 aromatic heterocycles. The van der Waals surface area contributed by atoms with Crippen molar-refractivity contribution in [2.75, 3.05) is 0 Å². The van der Waals surface area contributed by atoms with Crippen LogP contribution >= 0.6 is 0 Å². The Balaban J connectivity index is 2.51. The average Bonchev–Trinajstić information content (AvgIpc) is 2.46. The van der Waals surface area contributed by atoms with Crippen LogP contribution in [0.15, 0.2) is 42.5 Å². The molecule has 19 heavy (non-hydrogen) atoms. The zero-order valence-electron chi connectivity index (χ0n) is 9.87. The number of carbonyl (C=O) groups excluding carboxylic acids is 2. The Morgan fingerprint density at radius 2 is 1.63 bits per heavy atom. The molecule has 0 radical (unpaired) electrons. The fourth-order valence-corrected chi connectivity index (χ4v) is 1.80. The van der Waals surface area contributed by atoms with Gasteiger partial charge in [0, 0.05) is 11.1 Å². The molecule has 1 N–H and O–H groups in total. The van der Waals surface area contributed by atoms with E-state index in [2.05, 4.69) is 0 Å². The molecule has 0 spiro atoms. The third kappa shape index (κ3) is 2.57. The van der Waals surface area contributed by atoms with Crippen molar-refractivity contribution in [2.24, 2.45) is 0 Å². The van der Waals surface area contributed by atoms with E-state index in [9.17, 15) is 14.4 Å². The summed E-state index contributed by atoms with van der Waals surface area (Å²) < 4.78 is 0. The van der Waals surface area contributed by atoms with Crippen LogP contribution < -0.4 is 0 Å². The zero-order chi connectivity index (χ0) is 13.8. The van der Waals surface area contributed by atoms with Gasteiger partial charge in [-0.15, -0.1) is 0 Å². The first-order valence-corrected chi connectivity index (χ1v) is 5.54. The molecule has 4 nitrogen and oxygen atoms in total. The molecule has 0 unspecified atom stereocenters. The number of aldehydes is 2. The highest BCUT2D eigenvalue weighted by atomic mass is 16.4. The Kier molecular flexibility index (Phi) is 3.52. The highest BCUT2D eigenvalue weighted by Crippen LogP contribution is 2.24. The topological polar surface area (TPSA) is 71.4 Å². The molecule has 94 valence electrons. The molecule has 0 saturated carbocycles. The molecule has 2 rings (SSSR count). The van der Waals surface area contributed by atoms with Crippen molar-refractivity contribution in [1.29, 1.82) is 0 Å². The lowest BCUT2D eigenvalue weighted by molar-refractivity contribution is 0.0696. The van der Waals surface area contributed by atoms with Gasteiger partial charge in [-0.2, -0.15) is 0 Å². The zero-order valence-corrected chi connectivity index (χ0v) is 9.87. The number of aromatic carboxylic acids is 1. The van der Waals surface area contributed by atoms with Crippen molar-refractivity contribution in [2.45, 2.75) is 0 Å². The predicted octanol–water partition coefficient (Wildman–Crippen LogP) is 2.68. The van der Waals surface area contributed by atoms with Gasteiger partial charge in [0.1, 0.15) is 6.29 Å². The summed E-state index contributed by atoms with van der Waals surface area (Å²) in [6.07, 6.45) is 1.35. The van der Waals surface area contributed by atoms with Gasteiger partial charge in [-0.05, 0) is 23.3 Å². The molecule has 0 atom stereocenters. The molecule has 0 aliphatic rings. The third-order valence-corrected chi connectivity index (χ3v) is 2.78. The van der Waals surface area contributed by atoms with Crippen LogP contribution in [0.1, 0.15) is 31.1 Å². The van der Waals surface area contributed by atoms with Crippen LogP contribution in [0, 0.1) is 0 Å². The normalized spacial score (nSPS) is 9.89. The minimum absolute atomic E-state index is 0.0651. The molecule has 0 saturated heterocycles. The van der Waals surface area contributed by atoms with Gasteiger partial charge in [0.15, 0.2) is 6.29 Å². The lowest BCUT2D eigenvalue weighted by Crippen LogP contribution is -1.98. The first-order valence-electron chi connectivity index (χ1n) is 5.54. The Bertz CT molecular complexity index is 642. The van der Waals surface area contributed by atoms with E-state index in [4.69, 9.17) is 5.11 Å². The summed E-state index contributed by atoms with van der Waals surface area (Å²) in [4.78, 5) is 32.5. The average molecular weight is 254 g/mol. The molecular formula is C15H10O4. The second kappa shape index (κ2) is 5.27. The summed E-state index contributed by atoms with van der Waals surface area (Å²) in [7, 11) is 0. The number of benzene rings is 2. The van der Waals surface area contributed by atoms with Gasteiger partial charge < -0.3 is 5.11 Å². The Hall–Kier alpha value is -2.75. The molecule has 2 aromatic rings. The lowest BCUT2D eigenvalue weighted by Gasteiger charge is -2.06. The number of carbonyl (C=O) groups is 3. The Morgan fingerprint density at radius 3 is 2.16 bits per heavy atom. The molecule has 2 aromatic carbocycles. The third-order valence-electron chi connectivity index (χ3n) is 2.78. The van der Waals surface area contributed by atoms with Crippen LogP contribution in [0.4, 0.5) is 0 Å². The van der Waals surface area contributed by atoms with E-state index < -0.39 is 5.97 Å². The molecule has 0 aliphatic heterocycles. The van der Waals surface area contributed by atoms with Crippen molar-refractivity contribution >= 4 is 18.5 Å². The highest BCUT2D eigenvalue weighted by Gasteiger charge is 2.09. The highest BCUT2D eigenvalue weighted by molar-refractivity contribution is 5.94. The Morgan fingerprint density at radius 1 is 0.947 bits per heavy atom. The predicted molar refractivity (Wildman–Crippen MR) is 69.6 cm³/mol. The van der Waals surface area contributed by atoms with Gasteiger partial charge in [-0.1, -0.05) is 30.3 Å². The van der Waals surface area contributed by atoms with Crippen LogP contribution in [0.5, 0.6) is 0 Å². The van der Waals surface area contributed by atoms with E-state index >= 15 is 0 Å². The minimum atomic E-state index is -1.08. The molecule has 4 heteroatoms. The second-order valence-corrected chi connectivity index (χ2v) is 3.96. The van der Waals surface area contributed by atoms with Gasteiger partial charge in [-0.25, -0.2) is 4.79 Å². The largest absolute Gasteiger partial charge is 0.478 e. The Labute approximate surface area is 109 Å². The van der Waals surface area contributed by atoms with Crippen LogP contribution in [-0.4, -0.2) is 23.6 Å². The summed E-state index contributed by atoms with van der Waals surface area (Å²) in [6.45, 7) is 0. The summed E-state index contributed by atoms with van der Waals surface area (Å²) in [6, 6.07) is 11.1. The quantitative estimate of drug-likeness (QED) is 0.851. The van der Waals surface area contributed by atoms with E-state index in [0.29, 0.717) is 23.0 Å². The van der Waals surface area contributed by atoms with E-state index in [0.717, 1.165) is 11.8 Å². The number of rotatable bonds is 4. The molecule has 0 amide bonds. The van der Waals surface area contributed by atoms with E-state index in [1.54, 1.807) is 30.3 Å². The SMILES string of the molecule is O=Cc1ccc(-c2ccc(C(=O)O)cc2C=O)cc1. The van der Waals surface area contributed by atoms with Crippen molar-refractivity contribution in [3.05, 3.63) is 59.2 Å². The summed E-state index contributed by atoms with van der Waals surface area (Å²) in [5.74, 6) is -1.08. The number of hydrogen-bond donors (Lipinski definition) is 1. The van der Waals surface area contributed by atoms with E-state index in [-0.39, 0.29) is 5.56 Å². The molecule has 0 heterocycles.